The zero-order chi connectivity index (χ0) is 15.1. The summed E-state index contributed by atoms with van der Waals surface area (Å²) in [4.78, 5) is 35.9. The Morgan fingerprint density at radius 1 is 1.10 bits per heavy atom. The van der Waals surface area contributed by atoms with E-state index < -0.39 is 23.7 Å². The first-order valence-electron chi connectivity index (χ1n) is 6.91. The summed E-state index contributed by atoms with van der Waals surface area (Å²) in [5.74, 6) is -2.84. The maximum absolute atomic E-state index is 11.9. The molecule has 0 aromatic carbocycles. The molecule has 3 amide bonds. The highest BCUT2D eigenvalue weighted by Gasteiger charge is 2.41. The minimum atomic E-state index is -0.698. The molecule has 0 spiro atoms. The Balaban J connectivity index is 2.42. The average Bonchev–Trinajstić information content (AvgIpc) is 2.83. The van der Waals surface area contributed by atoms with Crippen LogP contribution in [0.4, 0.5) is 0 Å². The van der Waals surface area contributed by atoms with Gasteiger partial charge in [-0.15, -0.1) is 0 Å². The Hall–Kier alpha value is -1.63. The molecule has 1 aliphatic rings. The fourth-order valence-corrected chi connectivity index (χ4v) is 2.29. The van der Waals surface area contributed by atoms with Crippen LogP contribution in [0.1, 0.15) is 26.2 Å². The Labute approximate surface area is 118 Å². The lowest BCUT2D eigenvalue weighted by atomic mass is 9.95. The van der Waals surface area contributed by atoms with E-state index in [9.17, 15) is 14.4 Å². The van der Waals surface area contributed by atoms with Gasteiger partial charge in [-0.2, -0.15) is 0 Å². The molecule has 1 heterocycles. The number of ether oxygens (including phenoxy) is 1. The smallest absolute Gasteiger partial charge is 0.248 e. The van der Waals surface area contributed by atoms with Gasteiger partial charge in [0.25, 0.3) is 0 Å². The summed E-state index contributed by atoms with van der Waals surface area (Å²) in [5, 5.41) is 0. The predicted octanol–water partition coefficient (Wildman–Crippen LogP) is -0.762. The zero-order valence-electron chi connectivity index (χ0n) is 11.8. The molecule has 0 radical (unpaired) electrons. The lowest BCUT2D eigenvalue weighted by Gasteiger charge is -2.15. The molecular formula is C13H23N3O4. The highest BCUT2D eigenvalue weighted by molar-refractivity contribution is 5.89. The topological polar surface area (TPSA) is 116 Å². The molecule has 7 heteroatoms. The molecule has 0 saturated carbocycles. The van der Waals surface area contributed by atoms with Gasteiger partial charge < -0.3 is 21.1 Å². The molecule has 1 aliphatic heterocycles. The van der Waals surface area contributed by atoms with Crippen molar-refractivity contribution in [2.24, 2.45) is 23.3 Å². The first-order valence-corrected chi connectivity index (χ1v) is 6.91. The van der Waals surface area contributed by atoms with Gasteiger partial charge in [0.05, 0.1) is 11.8 Å². The van der Waals surface area contributed by atoms with E-state index in [-0.39, 0.29) is 25.6 Å². The zero-order valence-corrected chi connectivity index (χ0v) is 11.8. The fourth-order valence-electron chi connectivity index (χ4n) is 2.29. The van der Waals surface area contributed by atoms with Crippen LogP contribution in [0.5, 0.6) is 0 Å². The number of primary amides is 2. The molecule has 0 aliphatic carbocycles. The van der Waals surface area contributed by atoms with E-state index >= 15 is 0 Å². The van der Waals surface area contributed by atoms with Crippen molar-refractivity contribution in [3.63, 3.8) is 0 Å². The number of likely N-dealkylation sites (tertiary alicyclic amines) is 1. The van der Waals surface area contributed by atoms with Gasteiger partial charge in [0.15, 0.2) is 0 Å². The van der Waals surface area contributed by atoms with Gasteiger partial charge in [-0.05, 0) is 6.42 Å². The lowest BCUT2D eigenvalue weighted by Crippen LogP contribution is -2.36. The van der Waals surface area contributed by atoms with E-state index in [1.807, 2.05) is 0 Å². The van der Waals surface area contributed by atoms with Crippen molar-refractivity contribution in [3.05, 3.63) is 0 Å². The van der Waals surface area contributed by atoms with E-state index in [1.54, 1.807) is 0 Å². The van der Waals surface area contributed by atoms with Crippen molar-refractivity contribution in [1.82, 2.24) is 4.90 Å². The molecule has 20 heavy (non-hydrogen) atoms. The quantitative estimate of drug-likeness (QED) is 0.570. The summed E-state index contributed by atoms with van der Waals surface area (Å²) in [6, 6.07) is 0. The molecule has 1 rings (SSSR count). The predicted molar refractivity (Wildman–Crippen MR) is 72.3 cm³/mol. The van der Waals surface area contributed by atoms with Crippen LogP contribution < -0.4 is 11.5 Å². The fraction of sp³-hybridized carbons (Fsp3) is 0.769. The molecule has 114 valence electrons. The van der Waals surface area contributed by atoms with E-state index in [2.05, 4.69) is 6.92 Å². The molecule has 4 N–H and O–H groups in total. The van der Waals surface area contributed by atoms with Crippen molar-refractivity contribution in [3.8, 4) is 0 Å². The molecular weight excluding hydrogens is 262 g/mol. The monoisotopic (exact) mass is 285 g/mol. The van der Waals surface area contributed by atoms with Crippen LogP contribution >= 0.6 is 0 Å². The van der Waals surface area contributed by atoms with Crippen molar-refractivity contribution >= 4 is 17.7 Å². The molecule has 0 aromatic rings. The number of hydrogen-bond acceptors (Lipinski definition) is 4. The summed E-state index contributed by atoms with van der Waals surface area (Å²) in [6.45, 7) is 2.86. The Morgan fingerprint density at radius 3 is 2.10 bits per heavy atom. The number of carbonyl (C=O) groups is 3. The number of nitrogens with two attached hydrogens (primary N) is 2. The van der Waals surface area contributed by atoms with Crippen LogP contribution in [0.15, 0.2) is 0 Å². The minimum absolute atomic E-state index is 0.0410. The lowest BCUT2D eigenvalue weighted by molar-refractivity contribution is -0.135. The minimum Gasteiger partial charge on any atom is -0.372 e. The second-order valence-electron chi connectivity index (χ2n) is 5.08. The summed E-state index contributed by atoms with van der Waals surface area (Å²) >= 11 is 0. The molecule has 2 atom stereocenters. The van der Waals surface area contributed by atoms with Crippen molar-refractivity contribution in [1.29, 1.82) is 0 Å². The average molecular weight is 285 g/mol. The maximum atomic E-state index is 11.9. The van der Waals surface area contributed by atoms with Crippen LogP contribution in [0.2, 0.25) is 0 Å². The first kappa shape index (κ1) is 16.4. The van der Waals surface area contributed by atoms with Gasteiger partial charge >= 0.3 is 0 Å². The Bertz CT molecular complexity index is 351. The SMILES string of the molecule is CCCCCOCC(=O)N1CC(C(N)=O)C(C(N)=O)C1. The molecule has 1 saturated heterocycles. The van der Waals surface area contributed by atoms with Gasteiger partial charge in [0, 0.05) is 19.7 Å². The summed E-state index contributed by atoms with van der Waals surface area (Å²) in [5.41, 5.74) is 10.5. The van der Waals surface area contributed by atoms with Gasteiger partial charge in [0.2, 0.25) is 17.7 Å². The normalized spacial score (nSPS) is 21.9. The number of unbranched alkanes of at least 4 members (excludes halogenated alkanes) is 2. The second-order valence-corrected chi connectivity index (χ2v) is 5.08. The van der Waals surface area contributed by atoms with E-state index in [4.69, 9.17) is 16.2 Å². The van der Waals surface area contributed by atoms with Crippen LogP contribution in [0.25, 0.3) is 0 Å². The number of hydrogen-bond donors (Lipinski definition) is 2. The van der Waals surface area contributed by atoms with E-state index in [1.165, 1.54) is 4.90 Å². The summed E-state index contributed by atoms with van der Waals surface area (Å²) in [7, 11) is 0. The van der Waals surface area contributed by atoms with Gasteiger partial charge in [-0.1, -0.05) is 19.8 Å². The van der Waals surface area contributed by atoms with Crippen molar-refractivity contribution in [2.45, 2.75) is 26.2 Å². The third kappa shape index (κ3) is 4.48. The highest BCUT2D eigenvalue weighted by atomic mass is 16.5. The van der Waals surface area contributed by atoms with Gasteiger partial charge in [0.1, 0.15) is 6.61 Å². The second kappa shape index (κ2) is 7.84. The standard InChI is InChI=1S/C13H23N3O4/c1-2-3-4-5-20-8-11(17)16-6-9(12(14)18)10(7-16)13(15)19/h9-10H,2-8H2,1H3,(H2,14,18)(H2,15,19). The number of nitrogens with zero attached hydrogens (tertiary/aromatic N) is 1. The van der Waals surface area contributed by atoms with Crippen molar-refractivity contribution < 1.29 is 19.1 Å². The van der Waals surface area contributed by atoms with Crippen LogP contribution in [0.3, 0.4) is 0 Å². The van der Waals surface area contributed by atoms with Crippen LogP contribution in [-0.2, 0) is 19.1 Å². The third-order valence-electron chi connectivity index (χ3n) is 3.52. The first-order chi connectivity index (χ1) is 9.47. The molecule has 0 aromatic heterocycles. The highest BCUT2D eigenvalue weighted by Crippen LogP contribution is 2.23. The Morgan fingerprint density at radius 2 is 1.65 bits per heavy atom. The number of carbonyl (C=O) groups excluding carboxylic acids is 3. The summed E-state index contributed by atoms with van der Waals surface area (Å²) < 4.78 is 5.28. The van der Waals surface area contributed by atoms with Crippen LogP contribution in [0, 0.1) is 11.8 Å². The Kier molecular flexibility index (Phi) is 6.44. The molecule has 1 fully saturated rings. The van der Waals surface area contributed by atoms with Crippen LogP contribution in [-0.4, -0.2) is 48.9 Å². The summed E-state index contributed by atoms with van der Waals surface area (Å²) in [6.07, 6.45) is 3.06. The largest absolute Gasteiger partial charge is 0.372 e. The number of rotatable bonds is 8. The van der Waals surface area contributed by atoms with Gasteiger partial charge in [-0.3, -0.25) is 14.4 Å². The number of amides is 3. The van der Waals surface area contributed by atoms with E-state index in [0.717, 1.165) is 19.3 Å². The van der Waals surface area contributed by atoms with E-state index in [0.29, 0.717) is 6.61 Å². The molecule has 7 nitrogen and oxygen atoms in total. The third-order valence-corrected chi connectivity index (χ3v) is 3.52. The van der Waals surface area contributed by atoms with Gasteiger partial charge in [-0.25, -0.2) is 0 Å². The van der Waals surface area contributed by atoms with Crippen molar-refractivity contribution in [2.75, 3.05) is 26.3 Å². The molecule has 0 bridgehead atoms. The maximum Gasteiger partial charge on any atom is 0.248 e. The molecule has 2 unspecified atom stereocenters.